The van der Waals surface area contributed by atoms with Gasteiger partial charge in [0.2, 0.25) is 11.0 Å². The molecule has 1 amide bonds. The van der Waals surface area contributed by atoms with Crippen molar-refractivity contribution >= 4 is 45.7 Å². The molecular formula is C13H15ClN4OS2. The Hall–Kier alpha value is -1.31. The third kappa shape index (κ3) is 5.18. The zero-order valence-corrected chi connectivity index (χ0v) is 13.8. The lowest BCUT2D eigenvalue weighted by Crippen LogP contribution is -2.24. The molecule has 0 saturated carbocycles. The summed E-state index contributed by atoms with van der Waals surface area (Å²) in [6, 6.07) is 7.46. The molecule has 2 N–H and O–H groups in total. The average molecular weight is 343 g/mol. The van der Waals surface area contributed by atoms with Gasteiger partial charge in [-0.1, -0.05) is 52.9 Å². The zero-order chi connectivity index (χ0) is 15.1. The van der Waals surface area contributed by atoms with Crippen molar-refractivity contribution in [2.24, 2.45) is 0 Å². The van der Waals surface area contributed by atoms with Crippen LogP contribution < -0.4 is 10.6 Å². The molecule has 0 fully saturated rings. The van der Waals surface area contributed by atoms with Gasteiger partial charge < -0.3 is 10.6 Å². The minimum Gasteiger partial charge on any atom is -0.360 e. The highest BCUT2D eigenvalue weighted by Gasteiger charge is 2.08. The van der Waals surface area contributed by atoms with E-state index in [1.807, 2.05) is 25.1 Å². The quantitative estimate of drug-likeness (QED) is 0.757. The van der Waals surface area contributed by atoms with E-state index in [1.165, 1.54) is 23.1 Å². The van der Waals surface area contributed by atoms with Crippen LogP contribution in [-0.4, -0.2) is 28.4 Å². The van der Waals surface area contributed by atoms with E-state index in [-0.39, 0.29) is 5.91 Å². The molecule has 2 aromatic rings. The summed E-state index contributed by atoms with van der Waals surface area (Å²) in [4.78, 5) is 11.8. The summed E-state index contributed by atoms with van der Waals surface area (Å²) in [5.74, 6) is 0.255. The number of anilines is 1. The number of halogens is 1. The van der Waals surface area contributed by atoms with Crippen molar-refractivity contribution in [2.75, 3.05) is 17.6 Å². The molecule has 0 bridgehead atoms. The minimum absolute atomic E-state index is 0.0554. The Morgan fingerprint density at radius 1 is 1.38 bits per heavy atom. The second-order valence-electron chi connectivity index (χ2n) is 4.06. The summed E-state index contributed by atoms with van der Waals surface area (Å²) in [6.07, 6.45) is 0. The van der Waals surface area contributed by atoms with Gasteiger partial charge in [-0.2, -0.15) is 0 Å². The van der Waals surface area contributed by atoms with Crippen LogP contribution in [0.1, 0.15) is 12.5 Å². The van der Waals surface area contributed by atoms with Crippen LogP contribution in [0.2, 0.25) is 5.02 Å². The van der Waals surface area contributed by atoms with E-state index >= 15 is 0 Å². The summed E-state index contributed by atoms with van der Waals surface area (Å²) in [5, 5.41) is 15.3. The molecule has 5 nitrogen and oxygen atoms in total. The SMILES string of the molecule is CCNc1nnc(SCC(=O)NCc2ccccc2Cl)s1. The lowest BCUT2D eigenvalue weighted by Gasteiger charge is -2.05. The van der Waals surface area contributed by atoms with Gasteiger partial charge in [0.1, 0.15) is 0 Å². The minimum atomic E-state index is -0.0554. The maximum absolute atomic E-state index is 11.8. The third-order valence-electron chi connectivity index (χ3n) is 2.50. The highest BCUT2D eigenvalue weighted by molar-refractivity contribution is 8.01. The molecule has 0 saturated heterocycles. The van der Waals surface area contributed by atoms with E-state index in [1.54, 1.807) is 6.07 Å². The molecule has 2 rings (SSSR count). The Bertz CT molecular complexity index is 605. The number of thioether (sulfide) groups is 1. The van der Waals surface area contributed by atoms with Crippen molar-refractivity contribution < 1.29 is 4.79 Å². The van der Waals surface area contributed by atoms with E-state index in [9.17, 15) is 4.79 Å². The first-order chi connectivity index (χ1) is 10.2. The highest BCUT2D eigenvalue weighted by Crippen LogP contribution is 2.25. The molecule has 0 aliphatic rings. The number of hydrogen-bond acceptors (Lipinski definition) is 6. The van der Waals surface area contributed by atoms with Gasteiger partial charge in [-0.15, -0.1) is 10.2 Å². The van der Waals surface area contributed by atoms with Gasteiger partial charge in [0, 0.05) is 18.1 Å². The number of nitrogens with zero attached hydrogens (tertiary/aromatic N) is 2. The number of rotatable bonds is 7. The molecule has 1 heterocycles. The second-order valence-corrected chi connectivity index (χ2v) is 6.67. The van der Waals surface area contributed by atoms with Gasteiger partial charge in [-0.3, -0.25) is 4.79 Å². The first-order valence-corrected chi connectivity index (χ1v) is 8.57. The lowest BCUT2D eigenvalue weighted by atomic mass is 10.2. The number of carbonyl (C=O) groups excluding carboxylic acids is 1. The Kier molecular flexibility index (Phi) is 6.28. The van der Waals surface area contributed by atoms with Crippen LogP contribution in [0.15, 0.2) is 28.6 Å². The summed E-state index contributed by atoms with van der Waals surface area (Å²) < 4.78 is 0.777. The molecule has 0 spiro atoms. The smallest absolute Gasteiger partial charge is 0.230 e. The Balaban J connectivity index is 1.75. The number of amides is 1. The predicted molar refractivity (Wildman–Crippen MR) is 88.1 cm³/mol. The number of carbonyl (C=O) groups is 1. The lowest BCUT2D eigenvalue weighted by molar-refractivity contribution is -0.118. The molecule has 1 aromatic heterocycles. The molecule has 21 heavy (non-hydrogen) atoms. The van der Waals surface area contributed by atoms with Crippen LogP contribution in [0.3, 0.4) is 0 Å². The summed E-state index contributed by atoms with van der Waals surface area (Å²) in [5.41, 5.74) is 0.905. The fourth-order valence-electron chi connectivity index (χ4n) is 1.50. The Labute approximate surface area is 136 Å². The van der Waals surface area contributed by atoms with Crippen LogP contribution in [0.25, 0.3) is 0 Å². The van der Waals surface area contributed by atoms with Crippen molar-refractivity contribution in [2.45, 2.75) is 17.8 Å². The molecule has 0 radical (unpaired) electrons. The highest BCUT2D eigenvalue weighted by atomic mass is 35.5. The molecule has 1 aromatic carbocycles. The Morgan fingerprint density at radius 2 is 2.19 bits per heavy atom. The van der Waals surface area contributed by atoms with Crippen LogP contribution in [0.5, 0.6) is 0 Å². The van der Waals surface area contributed by atoms with Crippen LogP contribution in [0.4, 0.5) is 5.13 Å². The monoisotopic (exact) mass is 342 g/mol. The first-order valence-electron chi connectivity index (χ1n) is 6.39. The van der Waals surface area contributed by atoms with Crippen LogP contribution in [-0.2, 0) is 11.3 Å². The van der Waals surface area contributed by atoms with Crippen molar-refractivity contribution in [3.8, 4) is 0 Å². The number of nitrogens with one attached hydrogen (secondary N) is 2. The van der Waals surface area contributed by atoms with E-state index in [2.05, 4.69) is 20.8 Å². The fraction of sp³-hybridized carbons (Fsp3) is 0.308. The fourth-order valence-corrected chi connectivity index (χ4v) is 3.36. The molecule has 0 unspecified atom stereocenters. The predicted octanol–water partition coefficient (Wildman–Crippen LogP) is 3.03. The summed E-state index contributed by atoms with van der Waals surface area (Å²) >= 11 is 8.85. The topological polar surface area (TPSA) is 66.9 Å². The zero-order valence-electron chi connectivity index (χ0n) is 11.4. The maximum atomic E-state index is 11.8. The third-order valence-corrected chi connectivity index (χ3v) is 4.88. The number of aromatic nitrogens is 2. The second kappa shape index (κ2) is 8.21. The van der Waals surface area contributed by atoms with E-state index in [4.69, 9.17) is 11.6 Å². The van der Waals surface area contributed by atoms with Crippen molar-refractivity contribution in [1.82, 2.24) is 15.5 Å². The summed E-state index contributed by atoms with van der Waals surface area (Å²) in [6.45, 7) is 3.23. The van der Waals surface area contributed by atoms with Gasteiger partial charge in [0.05, 0.1) is 5.75 Å². The molecule has 0 atom stereocenters. The van der Waals surface area contributed by atoms with Gasteiger partial charge in [-0.05, 0) is 18.6 Å². The maximum Gasteiger partial charge on any atom is 0.230 e. The van der Waals surface area contributed by atoms with E-state index < -0.39 is 0 Å². The van der Waals surface area contributed by atoms with Crippen molar-refractivity contribution in [3.63, 3.8) is 0 Å². The first kappa shape index (κ1) is 16.1. The van der Waals surface area contributed by atoms with Gasteiger partial charge in [-0.25, -0.2) is 0 Å². The number of benzene rings is 1. The van der Waals surface area contributed by atoms with Crippen LogP contribution in [0, 0.1) is 0 Å². The summed E-state index contributed by atoms with van der Waals surface area (Å²) in [7, 11) is 0. The van der Waals surface area contributed by atoms with E-state index in [0.717, 1.165) is 21.6 Å². The number of hydrogen-bond donors (Lipinski definition) is 2. The standard InChI is InChI=1S/C13H15ClN4OS2/c1-2-15-12-17-18-13(21-12)20-8-11(19)16-7-9-5-3-4-6-10(9)14/h3-6H,2,7-8H2,1H3,(H,15,17)(H,16,19). The van der Waals surface area contributed by atoms with Crippen molar-refractivity contribution in [3.05, 3.63) is 34.9 Å². The van der Waals surface area contributed by atoms with E-state index in [0.29, 0.717) is 17.3 Å². The Morgan fingerprint density at radius 3 is 2.95 bits per heavy atom. The van der Waals surface area contributed by atoms with Gasteiger partial charge >= 0.3 is 0 Å². The molecule has 0 aliphatic heterocycles. The molecular weight excluding hydrogens is 328 g/mol. The normalized spacial score (nSPS) is 10.4. The largest absolute Gasteiger partial charge is 0.360 e. The average Bonchev–Trinajstić information content (AvgIpc) is 2.92. The van der Waals surface area contributed by atoms with Crippen LogP contribution >= 0.6 is 34.7 Å². The molecule has 8 heteroatoms. The van der Waals surface area contributed by atoms with Gasteiger partial charge in [0.25, 0.3) is 0 Å². The van der Waals surface area contributed by atoms with Crippen molar-refractivity contribution in [1.29, 1.82) is 0 Å². The van der Waals surface area contributed by atoms with Gasteiger partial charge in [0.15, 0.2) is 4.34 Å². The molecule has 0 aliphatic carbocycles. The molecule has 112 valence electrons.